The van der Waals surface area contributed by atoms with Crippen LogP contribution in [0.15, 0.2) is 24.3 Å². The molecule has 1 aromatic carbocycles. The van der Waals surface area contributed by atoms with E-state index in [1.54, 1.807) is 12.1 Å². The first-order valence-corrected chi connectivity index (χ1v) is 4.76. The van der Waals surface area contributed by atoms with Gasteiger partial charge in [-0.25, -0.2) is 4.79 Å². The highest BCUT2D eigenvalue weighted by atomic mass is 16.5. The Morgan fingerprint density at radius 2 is 2.27 bits per heavy atom. The molecular formula is C12H14O3. The Labute approximate surface area is 89.0 Å². The molecule has 0 saturated heterocycles. The zero-order valence-corrected chi connectivity index (χ0v) is 8.86. The molecule has 0 bridgehead atoms. The van der Waals surface area contributed by atoms with Crippen LogP contribution in [0.25, 0.3) is 6.08 Å². The van der Waals surface area contributed by atoms with Crippen molar-refractivity contribution in [1.29, 1.82) is 0 Å². The van der Waals surface area contributed by atoms with Gasteiger partial charge in [-0.3, -0.25) is 0 Å². The molecule has 3 nitrogen and oxygen atoms in total. The molecule has 0 heterocycles. The number of ether oxygens (including phenoxy) is 1. The number of hydrogen-bond acceptors (Lipinski definition) is 3. The number of methoxy groups -OCH3 is 1. The molecular weight excluding hydrogens is 192 g/mol. The van der Waals surface area contributed by atoms with Gasteiger partial charge in [0.2, 0.25) is 0 Å². The molecule has 1 aromatic rings. The standard InChI is InChI=1S/C12H14O3/c1-3-9-5-4-6-10(12(9)14)7-8-11(13)15-2/h4-8,14H,3H2,1-2H3/b8-7+. The van der Waals surface area contributed by atoms with Gasteiger partial charge in [0.15, 0.2) is 0 Å². The minimum atomic E-state index is -0.434. The largest absolute Gasteiger partial charge is 0.507 e. The van der Waals surface area contributed by atoms with E-state index in [1.165, 1.54) is 13.2 Å². The third-order valence-corrected chi connectivity index (χ3v) is 2.13. The fraction of sp³-hybridized carbons (Fsp3) is 0.250. The maximum Gasteiger partial charge on any atom is 0.330 e. The van der Waals surface area contributed by atoms with Crippen molar-refractivity contribution >= 4 is 12.0 Å². The van der Waals surface area contributed by atoms with Gasteiger partial charge in [-0.1, -0.05) is 25.1 Å². The van der Waals surface area contributed by atoms with Crippen LogP contribution in [-0.2, 0) is 16.0 Å². The number of hydrogen-bond donors (Lipinski definition) is 1. The first kappa shape index (κ1) is 11.3. The van der Waals surface area contributed by atoms with Crippen molar-refractivity contribution in [2.45, 2.75) is 13.3 Å². The molecule has 15 heavy (non-hydrogen) atoms. The number of esters is 1. The van der Waals surface area contributed by atoms with Crippen LogP contribution in [0, 0.1) is 0 Å². The number of aromatic hydroxyl groups is 1. The summed E-state index contributed by atoms with van der Waals surface area (Å²) in [5, 5.41) is 9.77. The maximum absolute atomic E-state index is 10.9. The minimum absolute atomic E-state index is 0.222. The lowest BCUT2D eigenvalue weighted by atomic mass is 10.1. The molecule has 0 spiro atoms. The van der Waals surface area contributed by atoms with Gasteiger partial charge in [0, 0.05) is 11.6 Å². The van der Waals surface area contributed by atoms with Gasteiger partial charge in [0.05, 0.1) is 7.11 Å². The molecule has 0 aliphatic heterocycles. The summed E-state index contributed by atoms with van der Waals surface area (Å²) in [5.41, 5.74) is 1.49. The lowest BCUT2D eigenvalue weighted by molar-refractivity contribution is -0.134. The molecule has 0 amide bonds. The topological polar surface area (TPSA) is 46.5 Å². The molecule has 0 saturated carbocycles. The van der Waals surface area contributed by atoms with E-state index in [2.05, 4.69) is 4.74 Å². The Balaban J connectivity index is 2.95. The van der Waals surface area contributed by atoms with E-state index in [4.69, 9.17) is 0 Å². The average molecular weight is 206 g/mol. The van der Waals surface area contributed by atoms with Crippen molar-refractivity contribution in [2.24, 2.45) is 0 Å². The van der Waals surface area contributed by atoms with Crippen molar-refractivity contribution in [1.82, 2.24) is 0 Å². The Hall–Kier alpha value is -1.77. The third-order valence-electron chi connectivity index (χ3n) is 2.13. The van der Waals surface area contributed by atoms with Gasteiger partial charge >= 0.3 is 5.97 Å². The number of phenolic OH excluding ortho intramolecular Hbond substituents is 1. The predicted octanol–water partition coefficient (Wildman–Crippen LogP) is 2.14. The highest BCUT2D eigenvalue weighted by molar-refractivity contribution is 5.87. The summed E-state index contributed by atoms with van der Waals surface area (Å²) in [6.07, 6.45) is 3.58. The van der Waals surface area contributed by atoms with Crippen LogP contribution in [0.1, 0.15) is 18.1 Å². The van der Waals surface area contributed by atoms with Crippen molar-refractivity contribution in [3.8, 4) is 5.75 Å². The molecule has 0 aliphatic carbocycles. The number of benzene rings is 1. The summed E-state index contributed by atoms with van der Waals surface area (Å²) in [7, 11) is 1.31. The van der Waals surface area contributed by atoms with E-state index >= 15 is 0 Å². The monoisotopic (exact) mass is 206 g/mol. The lowest BCUT2D eigenvalue weighted by Gasteiger charge is -2.04. The summed E-state index contributed by atoms with van der Waals surface area (Å²) >= 11 is 0. The first-order valence-electron chi connectivity index (χ1n) is 4.76. The van der Waals surface area contributed by atoms with Gasteiger partial charge in [-0.15, -0.1) is 0 Å². The van der Waals surface area contributed by atoms with Crippen molar-refractivity contribution in [2.75, 3.05) is 7.11 Å². The number of rotatable bonds is 3. The summed E-state index contributed by atoms with van der Waals surface area (Å²) in [6.45, 7) is 1.96. The number of aryl methyl sites for hydroxylation is 1. The normalized spacial score (nSPS) is 10.5. The molecule has 0 atom stereocenters. The van der Waals surface area contributed by atoms with E-state index < -0.39 is 5.97 Å². The fourth-order valence-electron chi connectivity index (χ4n) is 1.26. The highest BCUT2D eigenvalue weighted by Gasteiger charge is 2.02. The number of carbonyl (C=O) groups is 1. The Kier molecular flexibility index (Phi) is 3.92. The van der Waals surface area contributed by atoms with Crippen LogP contribution >= 0.6 is 0 Å². The van der Waals surface area contributed by atoms with Gasteiger partial charge in [0.1, 0.15) is 5.75 Å². The molecule has 0 aliphatic rings. The van der Waals surface area contributed by atoms with E-state index in [0.717, 1.165) is 12.0 Å². The second-order valence-electron chi connectivity index (χ2n) is 3.07. The molecule has 1 rings (SSSR count). The summed E-state index contributed by atoms with van der Waals surface area (Å²) in [6, 6.07) is 5.44. The second-order valence-corrected chi connectivity index (χ2v) is 3.07. The van der Waals surface area contributed by atoms with Gasteiger partial charge < -0.3 is 9.84 Å². The van der Waals surface area contributed by atoms with Crippen LogP contribution in [0.2, 0.25) is 0 Å². The summed E-state index contributed by atoms with van der Waals surface area (Å²) in [5.74, 6) is -0.212. The summed E-state index contributed by atoms with van der Waals surface area (Å²) < 4.78 is 4.46. The first-order chi connectivity index (χ1) is 7.19. The lowest BCUT2D eigenvalue weighted by Crippen LogP contribution is -1.93. The van der Waals surface area contributed by atoms with Crippen LogP contribution in [-0.4, -0.2) is 18.2 Å². The van der Waals surface area contributed by atoms with Gasteiger partial charge in [-0.2, -0.15) is 0 Å². The zero-order valence-electron chi connectivity index (χ0n) is 8.86. The van der Waals surface area contributed by atoms with E-state index in [-0.39, 0.29) is 5.75 Å². The third kappa shape index (κ3) is 2.84. The molecule has 0 aromatic heterocycles. The molecule has 0 unspecified atom stereocenters. The van der Waals surface area contributed by atoms with Gasteiger partial charge in [-0.05, 0) is 18.1 Å². The van der Waals surface area contributed by atoms with Crippen LogP contribution in [0.4, 0.5) is 0 Å². The second kappa shape index (κ2) is 5.20. The predicted molar refractivity (Wildman–Crippen MR) is 58.5 cm³/mol. The molecule has 0 fully saturated rings. The molecule has 0 radical (unpaired) electrons. The molecule has 3 heteroatoms. The maximum atomic E-state index is 10.9. The van der Waals surface area contributed by atoms with Crippen molar-refractivity contribution in [3.05, 3.63) is 35.4 Å². The fourth-order valence-corrected chi connectivity index (χ4v) is 1.26. The molecule has 80 valence electrons. The van der Waals surface area contributed by atoms with E-state index in [1.807, 2.05) is 19.1 Å². The van der Waals surface area contributed by atoms with Crippen molar-refractivity contribution < 1.29 is 14.6 Å². The van der Waals surface area contributed by atoms with Crippen molar-refractivity contribution in [3.63, 3.8) is 0 Å². The highest BCUT2D eigenvalue weighted by Crippen LogP contribution is 2.23. The number of carbonyl (C=O) groups excluding carboxylic acids is 1. The van der Waals surface area contributed by atoms with Crippen LogP contribution in [0.3, 0.4) is 0 Å². The van der Waals surface area contributed by atoms with Gasteiger partial charge in [0.25, 0.3) is 0 Å². The number of para-hydroxylation sites is 1. The minimum Gasteiger partial charge on any atom is -0.507 e. The zero-order chi connectivity index (χ0) is 11.3. The smallest absolute Gasteiger partial charge is 0.330 e. The number of phenols is 1. The molecule has 1 N–H and O–H groups in total. The summed E-state index contributed by atoms with van der Waals surface area (Å²) in [4.78, 5) is 10.9. The Morgan fingerprint density at radius 3 is 2.87 bits per heavy atom. The van der Waals surface area contributed by atoms with E-state index in [0.29, 0.717) is 5.56 Å². The SMILES string of the molecule is CCc1cccc(/C=C/C(=O)OC)c1O. The van der Waals surface area contributed by atoms with Crippen LogP contribution in [0.5, 0.6) is 5.75 Å². The van der Waals surface area contributed by atoms with E-state index in [9.17, 15) is 9.90 Å². The average Bonchev–Trinajstić information content (AvgIpc) is 2.27. The Morgan fingerprint density at radius 1 is 1.53 bits per heavy atom. The Bertz CT molecular complexity index is 380. The quantitative estimate of drug-likeness (QED) is 0.608. The van der Waals surface area contributed by atoms with Crippen LogP contribution < -0.4 is 0 Å².